The van der Waals surface area contributed by atoms with E-state index in [1.165, 1.54) is 0 Å². The van der Waals surface area contributed by atoms with Crippen LogP contribution in [0.15, 0.2) is 30.3 Å². The van der Waals surface area contributed by atoms with Crippen molar-refractivity contribution < 1.29 is 4.79 Å². The zero-order chi connectivity index (χ0) is 12.5. The van der Waals surface area contributed by atoms with Gasteiger partial charge in [0.25, 0.3) is 0 Å². The second kappa shape index (κ2) is 7.85. The largest absolute Gasteiger partial charge is 0.351 e. The number of amides is 1. The summed E-state index contributed by atoms with van der Waals surface area (Å²) in [5.41, 5.74) is 1.13. The van der Waals surface area contributed by atoms with Crippen molar-refractivity contribution in [1.29, 1.82) is 0 Å². The van der Waals surface area contributed by atoms with E-state index in [-0.39, 0.29) is 5.91 Å². The average Bonchev–Trinajstić information content (AvgIpc) is 2.35. The van der Waals surface area contributed by atoms with Crippen molar-refractivity contribution in [3.8, 4) is 0 Å². The Bertz CT molecular complexity index is 324. The highest BCUT2D eigenvalue weighted by Crippen LogP contribution is 1.97. The van der Waals surface area contributed by atoms with Crippen LogP contribution in [0.3, 0.4) is 0 Å². The fourth-order valence-corrected chi connectivity index (χ4v) is 1.66. The summed E-state index contributed by atoms with van der Waals surface area (Å²) in [6, 6.07) is 10.3. The Morgan fingerprint density at radius 1 is 1.29 bits per heavy atom. The third kappa shape index (κ3) is 6.07. The number of carbonyl (C=O) groups excluding carboxylic acids is 1. The normalized spacial score (nSPS) is 12.1. The van der Waals surface area contributed by atoms with E-state index in [0.29, 0.717) is 19.1 Å². The van der Waals surface area contributed by atoms with Crippen LogP contribution in [0.1, 0.15) is 32.3 Å². The van der Waals surface area contributed by atoms with Crippen molar-refractivity contribution in [2.24, 2.45) is 0 Å². The van der Waals surface area contributed by atoms with E-state index in [0.717, 1.165) is 18.4 Å². The molecule has 1 unspecified atom stereocenters. The highest BCUT2D eigenvalue weighted by atomic mass is 16.1. The fraction of sp³-hybridized carbons (Fsp3) is 0.500. The molecule has 0 bridgehead atoms. The van der Waals surface area contributed by atoms with Crippen LogP contribution in [-0.2, 0) is 11.3 Å². The molecule has 17 heavy (non-hydrogen) atoms. The van der Waals surface area contributed by atoms with E-state index in [2.05, 4.69) is 24.5 Å². The molecule has 3 nitrogen and oxygen atoms in total. The average molecular weight is 234 g/mol. The molecule has 2 N–H and O–H groups in total. The number of nitrogens with one attached hydrogen (secondary N) is 2. The lowest BCUT2D eigenvalue weighted by Crippen LogP contribution is -2.37. The third-order valence-electron chi connectivity index (χ3n) is 2.67. The van der Waals surface area contributed by atoms with Gasteiger partial charge < -0.3 is 10.6 Å². The summed E-state index contributed by atoms with van der Waals surface area (Å²) in [5.74, 6) is 0.0526. The maximum absolute atomic E-state index is 11.6. The van der Waals surface area contributed by atoms with Gasteiger partial charge in [0, 0.05) is 12.6 Å². The van der Waals surface area contributed by atoms with E-state index in [1.54, 1.807) is 0 Å². The predicted molar refractivity (Wildman–Crippen MR) is 70.7 cm³/mol. The maximum atomic E-state index is 11.6. The van der Waals surface area contributed by atoms with Gasteiger partial charge in [0.15, 0.2) is 0 Å². The minimum Gasteiger partial charge on any atom is -0.351 e. The number of benzene rings is 1. The first kappa shape index (κ1) is 13.7. The Balaban J connectivity index is 2.17. The maximum Gasteiger partial charge on any atom is 0.234 e. The Morgan fingerprint density at radius 2 is 2.00 bits per heavy atom. The predicted octanol–water partition coefficient (Wildman–Crippen LogP) is 2.08. The molecule has 1 atom stereocenters. The van der Waals surface area contributed by atoms with Gasteiger partial charge in [-0.3, -0.25) is 4.79 Å². The Hall–Kier alpha value is -1.35. The zero-order valence-electron chi connectivity index (χ0n) is 10.7. The van der Waals surface area contributed by atoms with Crippen molar-refractivity contribution in [3.63, 3.8) is 0 Å². The highest BCUT2D eigenvalue weighted by Gasteiger charge is 2.04. The van der Waals surface area contributed by atoms with Gasteiger partial charge in [-0.05, 0) is 18.9 Å². The molecule has 94 valence electrons. The van der Waals surface area contributed by atoms with Crippen molar-refractivity contribution in [1.82, 2.24) is 10.6 Å². The highest BCUT2D eigenvalue weighted by molar-refractivity contribution is 5.77. The molecular formula is C14H22N2O. The molecule has 0 radical (unpaired) electrons. The van der Waals surface area contributed by atoms with Crippen LogP contribution in [0.5, 0.6) is 0 Å². The lowest BCUT2D eigenvalue weighted by Gasteiger charge is -2.12. The summed E-state index contributed by atoms with van der Waals surface area (Å²) >= 11 is 0. The minimum atomic E-state index is 0.0526. The summed E-state index contributed by atoms with van der Waals surface area (Å²) in [7, 11) is 0. The first-order valence-corrected chi connectivity index (χ1v) is 6.26. The molecule has 1 rings (SSSR count). The molecule has 0 aromatic heterocycles. The van der Waals surface area contributed by atoms with Crippen LogP contribution in [0.4, 0.5) is 0 Å². The molecule has 0 aliphatic carbocycles. The molecule has 1 amide bonds. The van der Waals surface area contributed by atoms with Crippen LogP contribution >= 0.6 is 0 Å². The minimum absolute atomic E-state index is 0.0526. The number of hydrogen-bond donors (Lipinski definition) is 2. The summed E-state index contributed by atoms with van der Waals surface area (Å²) in [6.07, 6.45) is 2.24. The molecule has 1 aromatic rings. The van der Waals surface area contributed by atoms with Crippen molar-refractivity contribution in [2.75, 3.05) is 6.54 Å². The number of hydrogen-bond acceptors (Lipinski definition) is 2. The summed E-state index contributed by atoms with van der Waals surface area (Å²) in [4.78, 5) is 11.6. The van der Waals surface area contributed by atoms with Gasteiger partial charge in [-0.15, -0.1) is 0 Å². The molecule has 0 aliphatic rings. The smallest absolute Gasteiger partial charge is 0.234 e. The monoisotopic (exact) mass is 234 g/mol. The first-order valence-electron chi connectivity index (χ1n) is 6.26. The lowest BCUT2D eigenvalue weighted by atomic mass is 10.2. The van der Waals surface area contributed by atoms with Gasteiger partial charge in [0.1, 0.15) is 0 Å². The van der Waals surface area contributed by atoms with E-state index in [9.17, 15) is 4.79 Å². The molecule has 0 fully saturated rings. The number of rotatable bonds is 7. The molecular weight excluding hydrogens is 212 g/mol. The van der Waals surface area contributed by atoms with E-state index >= 15 is 0 Å². The second-order valence-electron chi connectivity index (χ2n) is 4.33. The quantitative estimate of drug-likeness (QED) is 0.758. The van der Waals surface area contributed by atoms with Gasteiger partial charge >= 0.3 is 0 Å². The van der Waals surface area contributed by atoms with Gasteiger partial charge in [-0.25, -0.2) is 0 Å². The van der Waals surface area contributed by atoms with Gasteiger partial charge in [-0.2, -0.15) is 0 Å². The Labute approximate surface area is 104 Å². The molecule has 0 heterocycles. The van der Waals surface area contributed by atoms with Crippen LogP contribution in [0.2, 0.25) is 0 Å². The molecule has 0 spiro atoms. The standard InChI is InChI=1S/C14H22N2O/c1-3-7-12(2)15-11-14(17)16-10-13-8-5-4-6-9-13/h4-6,8-9,12,15H,3,7,10-11H2,1-2H3,(H,16,17). The summed E-state index contributed by atoms with van der Waals surface area (Å²) in [6.45, 7) is 5.25. The zero-order valence-corrected chi connectivity index (χ0v) is 10.7. The molecule has 0 saturated heterocycles. The molecule has 0 aliphatic heterocycles. The van der Waals surface area contributed by atoms with Crippen LogP contribution in [0.25, 0.3) is 0 Å². The Kier molecular flexibility index (Phi) is 6.33. The lowest BCUT2D eigenvalue weighted by molar-refractivity contribution is -0.120. The second-order valence-corrected chi connectivity index (χ2v) is 4.33. The number of carbonyl (C=O) groups is 1. The fourth-order valence-electron chi connectivity index (χ4n) is 1.66. The van der Waals surface area contributed by atoms with Gasteiger partial charge in [0.2, 0.25) is 5.91 Å². The van der Waals surface area contributed by atoms with Gasteiger partial charge in [-0.1, -0.05) is 43.7 Å². The SMILES string of the molecule is CCCC(C)NCC(=O)NCc1ccccc1. The van der Waals surface area contributed by atoms with E-state index in [4.69, 9.17) is 0 Å². The van der Waals surface area contributed by atoms with Crippen LogP contribution < -0.4 is 10.6 Å². The Morgan fingerprint density at radius 3 is 2.65 bits per heavy atom. The van der Waals surface area contributed by atoms with E-state index < -0.39 is 0 Å². The molecule has 3 heteroatoms. The summed E-state index contributed by atoms with van der Waals surface area (Å²) in [5, 5.41) is 6.10. The van der Waals surface area contributed by atoms with Crippen LogP contribution in [0, 0.1) is 0 Å². The summed E-state index contributed by atoms with van der Waals surface area (Å²) < 4.78 is 0. The topological polar surface area (TPSA) is 41.1 Å². The molecule has 0 saturated carbocycles. The van der Waals surface area contributed by atoms with Crippen LogP contribution in [-0.4, -0.2) is 18.5 Å². The van der Waals surface area contributed by atoms with Crippen molar-refractivity contribution in [2.45, 2.75) is 39.3 Å². The molecule has 1 aromatic carbocycles. The van der Waals surface area contributed by atoms with Gasteiger partial charge in [0.05, 0.1) is 6.54 Å². The first-order chi connectivity index (χ1) is 8.22. The van der Waals surface area contributed by atoms with Crippen molar-refractivity contribution in [3.05, 3.63) is 35.9 Å². The van der Waals surface area contributed by atoms with Crippen molar-refractivity contribution >= 4 is 5.91 Å². The third-order valence-corrected chi connectivity index (χ3v) is 2.67. The van der Waals surface area contributed by atoms with E-state index in [1.807, 2.05) is 30.3 Å².